The summed E-state index contributed by atoms with van der Waals surface area (Å²) in [6.07, 6.45) is 4.44. The Morgan fingerprint density at radius 3 is 3.06 bits per heavy atom. The van der Waals surface area contributed by atoms with Gasteiger partial charge in [-0.25, -0.2) is 4.98 Å². The fourth-order valence-electron chi connectivity index (χ4n) is 4.50. The van der Waals surface area contributed by atoms with Crippen molar-refractivity contribution in [3.8, 4) is 11.1 Å². The number of halogens is 1. The molecule has 1 unspecified atom stereocenters. The van der Waals surface area contributed by atoms with Crippen molar-refractivity contribution in [2.24, 2.45) is 0 Å². The van der Waals surface area contributed by atoms with Crippen LogP contribution >= 0.6 is 11.6 Å². The molecule has 2 aliphatic rings. The zero-order chi connectivity index (χ0) is 21.4. The van der Waals surface area contributed by atoms with Crippen molar-refractivity contribution in [3.05, 3.63) is 52.3 Å². The number of pyridine rings is 1. The van der Waals surface area contributed by atoms with Gasteiger partial charge in [-0.2, -0.15) is 0 Å². The highest BCUT2D eigenvalue weighted by molar-refractivity contribution is 6.35. The number of aromatic amines is 1. The van der Waals surface area contributed by atoms with E-state index in [-0.39, 0.29) is 18.6 Å². The number of fused-ring (bicyclic) bond motifs is 2. The molecule has 1 atom stereocenters. The zero-order valence-corrected chi connectivity index (χ0v) is 18.2. The van der Waals surface area contributed by atoms with Gasteiger partial charge in [0.1, 0.15) is 12.3 Å². The Kier molecular flexibility index (Phi) is 5.67. The number of methoxy groups -OCH3 is 1. The van der Waals surface area contributed by atoms with Gasteiger partial charge < -0.3 is 24.7 Å². The third-order valence-electron chi connectivity index (χ3n) is 6.11. The number of nitrogens with one attached hydrogen (secondary N) is 2. The van der Waals surface area contributed by atoms with Crippen LogP contribution in [-0.2, 0) is 27.2 Å². The predicted molar refractivity (Wildman–Crippen MR) is 119 cm³/mol. The highest BCUT2D eigenvalue weighted by atomic mass is 35.5. The molecule has 162 valence electrons. The molecule has 0 aliphatic carbocycles. The molecule has 7 nitrogen and oxygen atoms in total. The maximum absolute atomic E-state index is 12.5. The molecule has 5 rings (SSSR count). The molecule has 0 bridgehead atoms. The predicted octanol–water partition coefficient (Wildman–Crippen LogP) is 3.08. The standard InChI is InChI=1S/C23H25ClN4O3/c1-30-13-22(29)28-4-2-14-6-15(16-8-18-20(24)10-27-23(18)26-9-16)7-17(19(14)11-28)21-12-31-5-3-25-21/h6-10,21,25H,2-5,11-13H2,1H3,(H,26,27). The molecule has 8 heteroatoms. The molecule has 1 amide bonds. The monoisotopic (exact) mass is 440 g/mol. The summed E-state index contributed by atoms with van der Waals surface area (Å²) in [6.45, 7) is 3.52. The summed E-state index contributed by atoms with van der Waals surface area (Å²) in [5.74, 6) is 0.0211. The van der Waals surface area contributed by atoms with Gasteiger partial charge in [-0.1, -0.05) is 17.7 Å². The van der Waals surface area contributed by atoms with Gasteiger partial charge >= 0.3 is 0 Å². The second kappa shape index (κ2) is 8.59. The van der Waals surface area contributed by atoms with E-state index in [1.54, 1.807) is 13.3 Å². The van der Waals surface area contributed by atoms with Gasteiger partial charge in [0.25, 0.3) is 0 Å². The first-order chi connectivity index (χ1) is 15.1. The molecule has 2 aliphatic heterocycles. The van der Waals surface area contributed by atoms with Gasteiger partial charge in [0, 0.05) is 50.1 Å². The zero-order valence-electron chi connectivity index (χ0n) is 17.4. The Balaban J connectivity index is 1.57. The minimum absolute atomic E-state index is 0.0211. The quantitative estimate of drug-likeness (QED) is 0.651. The third kappa shape index (κ3) is 3.94. The molecule has 31 heavy (non-hydrogen) atoms. The number of carbonyl (C=O) groups is 1. The molecular formula is C23H25ClN4O3. The van der Waals surface area contributed by atoms with E-state index in [0.717, 1.165) is 35.1 Å². The highest BCUT2D eigenvalue weighted by Gasteiger charge is 2.27. The van der Waals surface area contributed by atoms with E-state index < -0.39 is 0 Å². The van der Waals surface area contributed by atoms with Crippen LogP contribution in [0.1, 0.15) is 22.7 Å². The van der Waals surface area contributed by atoms with Gasteiger partial charge in [0.15, 0.2) is 0 Å². The van der Waals surface area contributed by atoms with Crippen molar-refractivity contribution in [2.45, 2.75) is 19.0 Å². The molecule has 0 saturated carbocycles. The summed E-state index contributed by atoms with van der Waals surface area (Å²) < 4.78 is 10.8. The van der Waals surface area contributed by atoms with E-state index >= 15 is 0 Å². The van der Waals surface area contributed by atoms with Crippen molar-refractivity contribution >= 4 is 28.5 Å². The fourth-order valence-corrected chi connectivity index (χ4v) is 4.70. The van der Waals surface area contributed by atoms with Crippen molar-refractivity contribution in [1.29, 1.82) is 0 Å². The summed E-state index contributed by atoms with van der Waals surface area (Å²) in [7, 11) is 1.55. The van der Waals surface area contributed by atoms with Crippen molar-refractivity contribution in [3.63, 3.8) is 0 Å². The maximum atomic E-state index is 12.5. The number of ether oxygens (including phenoxy) is 2. The van der Waals surface area contributed by atoms with Gasteiger partial charge in [-0.3, -0.25) is 4.79 Å². The Morgan fingerprint density at radius 1 is 1.35 bits per heavy atom. The molecular weight excluding hydrogens is 416 g/mol. The molecule has 2 aromatic heterocycles. The lowest BCUT2D eigenvalue weighted by atomic mass is 9.87. The Bertz CT molecular complexity index is 1120. The molecule has 3 aromatic rings. The average Bonchev–Trinajstić information content (AvgIpc) is 3.18. The summed E-state index contributed by atoms with van der Waals surface area (Å²) in [6, 6.07) is 6.60. The summed E-state index contributed by atoms with van der Waals surface area (Å²) in [5, 5.41) is 5.15. The van der Waals surface area contributed by atoms with E-state index in [1.165, 1.54) is 16.7 Å². The van der Waals surface area contributed by atoms with Crippen molar-refractivity contribution in [1.82, 2.24) is 20.2 Å². The second-order valence-corrected chi connectivity index (χ2v) is 8.45. The highest BCUT2D eigenvalue weighted by Crippen LogP contribution is 2.35. The van der Waals surface area contributed by atoms with Crippen LogP contribution in [0.15, 0.2) is 30.6 Å². The first kappa shape index (κ1) is 20.5. The summed E-state index contributed by atoms with van der Waals surface area (Å²) in [5.41, 5.74) is 6.55. The van der Waals surface area contributed by atoms with Crippen LogP contribution < -0.4 is 5.32 Å². The normalized spacial score (nSPS) is 18.9. The number of aromatic nitrogens is 2. The van der Waals surface area contributed by atoms with Gasteiger partial charge in [0.05, 0.1) is 24.3 Å². The molecule has 0 spiro atoms. The van der Waals surface area contributed by atoms with Gasteiger partial charge in [-0.05, 0) is 40.8 Å². The van der Waals surface area contributed by atoms with E-state index in [0.29, 0.717) is 31.3 Å². The van der Waals surface area contributed by atoms with Crippen LogP contribution in [0.25, 0.3) is 22.2 Å². The van der Waals surface area contributed by atoms with Crippen LogP contribution in [-0.4, -0.2) is 60.8 Å². The summed E-state index contributed by atoms with van der Waals surface area (Å²) >= 11 is 6.33. The molecule has 0 radical (unpaired) electrons. The first-order valence-corrected chi connectivity index (χ1v) is 10.9. The molecule has 1 fully saturated rings. The number of carbonyl (C=O) groups excluding carboxylic acids is 1. The van der Waals surface area contributed by atoms with Crippen LogP contribution in [0.2, 0.25) is 5.02 Å². The lowest BCUT2D eigenvalue weighted by Gasteiger charge is -2.34. The van der Waals surface area contributed by atoms with Gasteiger partial charge in [0.2, 0.25) is 5.91 Å². The number of benzene rings is 1. The lowest BCUT2D eigenvalue weighted by Crippen LogP contribution is -2.40. The Labute approximate surface area is 185 Å². The number of amides is 1. The van der Waals surface area contributed by atoms with Gasteiger partial charge in [-0.15, -0.1) is 0 Å². The van der Waals surface area contributed by atoms with E-state index in [2.05, 4.69) is 33.5 Å². The Hall–Kier alpha value is -2.45. The number of nitrogens with zero attached hydrogens (tertiary/aromatic N) is 2. The smallest absolute Gasteiger partial charge is 0.248 e. The molecule has 1 saturated heterocycles. The fraction of sp³-hybridized carbons (Fsp3) is 0.391. The SMILES string of the molecule is COCC(=O)N1CCc2cc(-c3cnc4[nH]cc(Cl)c4c3)cc(C3COCCN3)c2C1. The average molecular weight is 441 g/mol. The second-order valence-electron chi connectivity index (χ2n) is 8.04. The third-order valence-corrected chi connectivity index (χ3v) is 6.42. The molecule has 4 heterocycles. The number of hydrogen-bond donors (Lipinski definition) is 2. The number of morpholine rings is 1. The lowest BCUT2D eigenvalue weighted by molar-refractivity contribution is -0.136. The molecule has 1 aromatic carbocycles. The number of hydrogen-bond acceptors (Lipinski definition) is 5. The Morgan fingerprint density at radius 2 is 2.26 bits per heavy atom. The van der Waals surface area contributed by atoms with E-state index in [4.69, 9.17) is 21.1 Å². The topological polar surface area (TPSA) is 79.5 Å². The van der Waals surface area contributed by atoms with Crippen molar-refractivity contribution < 1.29 is 14.3 Å². The summed E-state index contributed by atoms with van der Waals surface area (Å²) in [4.78, 5) is 22.0. The van der Waals surface area contributed by atoms with E-state index in [1.807, 2.05) is 11.1 Å². The minimum Gasteiger partial charge on any atom is -0.378 e. The van der Waals surface area contributed by atoms with Crippen LogP contribution in [0, 0.1) is 0 Å². The number of H-pyrrole nitrogens is 1. The van der Waals surface area contributed by atoms with Crippen LogP contribution in [0.3, 0.4) is 0 Å². The van der Waals surface area contributed by atoms with Crippen molar-refractivity contribution in [2.75, 3.05) is 40.0 Å². The van der Waals surface area contributed by atoms with Crippen LogP contribution in [0.5, 0.6) is 0 Å². The first-order valence-electron chi connectivity index (χ1n) is 10.5. The largest absolute Gasteiger partial charge is 0.378 e. The molecule has 2 N–H and O–H groups in total. The maximum Gasteiger partial charge on any atom is 0.248 e. The van der Waals surface area contributed by atoms with E-state index in [9.17, 15) is 4.79 Å². The minimum atomic E-state index is 0.0211. The number of rotatable bonds is 4. The van der Waals surface area contributed by atoms with Crippen LogP contribution in [0.4, 0.5) is 0 Å².